The molecule has 0 saturated heterocycles. The lowest BCUT2D eigenvalue weighted by molar-refractivity contribution is 0.704. The number of unbranched alkanes of at least 4 members (excludes halogenated alkanes) is 2. The Kier molecular flexibility index (Phi) is 6.24. The monoisotopic (exact) mass is 245 g/mol. The average molecular weight is 245 g/mol. The van der Waals surface area contributed by atoms with E-state index in [4.69, 9.17) is 0 Å². The summed E-state index contributed by atoms with van der Waals surface area (Å²) in [6, 6.07) is 8.41. The molecule has 0 heterocycles. The van der Waals surface area contributed by atoms with Crippen molar-refractivity contribution in [1.82, 2.24) is 5.32 Å². The summed E-state index contributed by atoms with van der Waals surface area (Å²) in [7, 11) is 3.97. The quantitative estimate of drug-likeness (QED) is 0.751. The Morgan fingerprint density at radius 1 is 1.33 bits per heavy atom. The summed E-state index contributed by atoms with van der Waals surface area (Å²) in [5, 5.41) is 12.3. The van der Waals surface area contributed by atoms with E-state index in [2.05, 4.69) is 42.4 Å². The van der Waals surface area contributed by atoms with Gasteiger partial charge in [0, 0.05) is 20.1 Å². The number of nitrogens with one attached hydrogen (secondary N) is 1. The van der Waals surface area contributed by atoms with E-state index in [-0.39, 0.29) is 0 Å². The summed E-state index contributed by atoms with van der Waals surface area (Å²) in [5.74, 6) is 0. The SMILES string of the molecule is CCCCCN(C)c1ccc(CNC)cc1C#N. The predicted octanol–water partition coefficient (Wildman–Crippen LogP) is 2.90. The molecule has 3 nitrogen and oxygen atoms in total. The van der Waals surface area contributed by atoms with Crippen molar-refractivity contribution >= 4 is 5.69 Å². The minimum atomic E-state index is 0.766. The van der Waals surface area contributed by atoms with Gasteiger partial charge in [0.05, 0.1) is 11.3 Å². The second kappa shape index (κ2) is 7.73. The summed E-state index contributed by atoms with van der Waals surface area (Å²) >= 11 is 0. The van der Waals surface area contributed by atoms with Crippen LogP contribution in [0.2, 0.25) is 0 Å². The molecule has 0 aliphatic rings. The molecular weight excluding hydrogens is 222 g/mol. The molecule has 1 N–H and O–H groups in total. The molecule has 3 heteroatoms. The van der Waals surface area contributed by atoms with E-state index < -0.39 is 0 Å². The third-order valence-corrected chi connectivity index (χ3v) is 3.07. The number of hydrogen-bond donors (Lipinski definition) is 1. The van der Waals surface area contributed by atoms with E-state index in [0.29, 0.717) is 0 Å². The molecular formula is C15H23N3. The molecule has 0 aliphatic carbocycles. The molecule has 0 aromatic heterocycles. The largest absolute Gasteiger partial charge is 0.374 e. The van der Waals surface area contributed by atoms with Gasteiger partial charge in [0.25, 0.3) is 0 Å². The van der Waals surface area contributed by atoms with Crippen molar-refractivity contribution in [2.24, 2.45) is 0 Å². The maximum absolute atomic E-state index is 9.23. The molecule has 1 aromatic carbocycles. The minimum absolute atomic E-state index is 0.766. The van der Waals surface area contributed by atoms with E-state index in [0.717, 1.165) is 29.9 Å². The molecule has 0 radical (unpaired) electrons. The van der Waals surface area contributed by atoms with Crippen LogP contribution in [0.1, 0.15) is 37.3 Å². The predicted molar refractivity (Wildman–Crippen MR) is 76.7 cm³/mol. The second-order valence-electron chi connectivity index (χ2n) is 4.62. The first-order valence-corrected chi connectivity index (χ1v) is 6.61. The van der Waals surface area contributed by atoms with Gasteiger partial charge in [0.15, 0.2) is 0 Å². The van der Waals surface area contributed by atoms with Crippen LogP contribution in [0.4, 0.5) is 5.69 Å². The Morgan fingerprint density at radius 3 is 2.72 bits per heavy atom. The number of rotatable bonds is 7. The maximum atomic E-state index is 9.23. The Morgan fingerprint density at radius 2 is 2.11 bits per heavy atom. The normalized spacial score (nSPS) is 10.1. The molecule has 0 fully saturated rings. The molecule has 0 atom stereocenters. The second-order valence-corrected chi connectivity index (χ2v) is 4.62. The van der Waals surface area contributed by atoms with Gasteiger partial charge in [-0.2, -0.15) is 5.26 Å². The summed E-state index contributed by atoms with van der Waals surface area (Å²) in [5.41, 5.74) is 2.95. The summed E-state index contributed by atoms with van der Waals surface area (Å²) < 4.78 is 0. The van der Waals surface area contributed by atoms with E-state index in [1.807, 2.05) is 13.1 Å². The number of benzene rings is 1. The third-order valence-electron chi connectivity index (χ3n) is 3.07. The van der Waals surface area contributed by atoms with Gasteiger partial charge in [-0.25, -0.2) is 0 Å². The summed E-state index contributed by atoms with van der Waals surface area (Å²) in [6.07, 6.45) is 3.64. The number of nitrogens with zero attached hydrogens (tertiary/aromatic N) is 2. The van der Waals surface area contributed by atoms with Crippen molar-refractivity contribution in [2.75, 3.05) is 25.5 Å². The van der Waals surface area contributed by atoms with Gasteiger partial charge < -0.3 is 10.2 Å². The van der Waals surface area contributed by atoms with Crippen molar-refractivity contribution in [2.45, 2.75) is 32.7 Å². The van der Waals surface area contributed by atoms with Gasteiger partial charge in [-0.1, -0.05) is 25.8 Å². The minimum Gasteiger partial charge on any atom is -0.374 e. The van der Waals surface area contributed by atoms with Crippen LogP contribution in [0.15, 0.2) is 18.2 Å². The maximum Gasteiger partial charge on any atom is 0.101 e. The molecule has 1 aromatic rings. The standard InChI is InChI=1S/C15H23N3/c1-4-5-6-9-18(3)15-8-7-13(12-17-2)10-14(15)11-16/h7-8,10,17H,4-6,9,12H2,1-3H3. The van der Waals surface area contributed by atoms with Gasteiger partial charge in [-0.15, -0.1) is 0 Å². The average Bonchev–Trinajstić information content (AvgIpc) is 2.39. The number of hydrogen-bond acceptors (Lipinski definition) is 3. The van der Waals surface area contributed by atoms with Crippen LogP contribution in [0.3, 0.4) is 0 Å². The van der Waals surface area contributed by atoms with Crippen LogP contribution < -0.4 is 10.2 Å². The van der Waals surface area contributed by atoms with Gasteiger partial charge >= 0.3 is 0 Å². The van der Waals surface area contributed by atoms with Gasteiger partial charge in [-0.3, -0.25) is 0 Å². The fourth-order valence-corrected chi connectivity index (χ4v) is 2.04. The first kappa shape index (κ1) is 14.5. The Bertz CT molecular complexity index is 407. The van der Waals surface area contributed by atoms with E-state index in [1.54, 1.807) is 0 Å². The van der Waals surface area contributed by atoms with Crippen LogP contribution in [0.25, 0.3) is 0 Å². The fraction of sp³-hybridized carbons (Fsp3) is 0.533. The number of anilines is 1. The van der Waals surface area contributed by atoms with Crippen molar-refractivity contribution in [3.63, 3.8) is 0 Å². The molecule has 18 heavy (non-hydrogen) atoms. The van der Waals surface area contributed by atoms with Gasteiger partial charge in [0.2, 0.25) is 0 Å². The van der Waals surface area contributed by atoms with E-state index in [1.165, 1.54) is 19.3 Å². The lowest BCUT2D eigenvalue weighted by atomic mass is 10.1. The lowest BCUT2D eigenvalue weighted by Crippen LogP contribution is -2.19. The molecule has 0 spiro atoms. The van der Waals surface area contributed by atoms with Crippen molar-refractivity contribution in [3.8, 4) is 6.07 Å². The zero-order valence-corrected chi connectivity index (χ0v) is 11.7. The molecule has 0 bridgehead atoms. The van der Waals surface area contributed by atoms with Crippen LogP contribution in [0, 0.1) is 11.3 Å². The van der Waals surface area contributed by atoms with Gasteiger partial charge in [-0.05, 0) is 31.2 Å². The molecule has 0 aliphatic heterocycles. The number of nitriles is 1. The molecule has 98 valence electrons. The van der Waals surface area contributed by atoms with Crippen LogP contribution in [0.5, 0.6) is 0 Å². The fourth-order valence-electron chi connectivity index (χ4n) is 2.04. The van der Waals surface area contributed by atoms with Crippen LogP contribution in [-0.2, 0) is 6.54 Å². The van der Waals surface area contributed by atoms with E-state index in [9.17, 15) is 5.26 Å². The lowest BCUT2D eigenvalue weighted by Gasteiger charge is -2.21. The zero-order chi connectivity index (χ0) is 13.4. The summed E-state index contributed by atoms with van der Waals surface area (Å²) in [6.45, 7) is 4.01. The molecule has 0 amide bonds. The molecule has 1 rings (SSSR count). The Hall–Kier alpha value is -1.53. The molecule has 0 unspecified atom stereocenters. The third kappa shape index (κ3) is 4.05. The smallest absolute Gasteiger partial charge is 0.101 e. The highest BCUT2D eigenvalue weighted by atomic mass is 15.1. The van der Waals surface area contributed by atoms with Crippen LogP contribution >= 0.6 is 0 Å². The first-order chi connectivity index (χ1) is 8.72. The van der Waals surface area contributed by atoms with Gasteiger partial charge in [0.1, 0.15) is 6.07 Å². The Balaban J connectivity index is 2.78. The highest BCUT2D eigenvalue weighted by Gasteiger charge is 2.07. The van der Waals surface area contributed by atoms with E-state index >= 15 is 0 Å². The van der Waals surface area contributed by atoms with Crippen molar-refractivity contribution in [1.29, 1.82) is 5.26 Å². The topological polar surface area (TPSA) is 39.1 Å². The zero-order valence-electron chi connectivity index (χ0n) is 11.7. The highest BCUT2D eigenvalue weighted by Crippen LogP contribution is 2.21. The first-order valence-electron chi connectivity index (χ1n) is 6.61. The highest BCUT2D eigenvalue weighted by molar-refractivity contribution is 5.60. The Labute approximate surface area is 110 Å². The van der Waals surface area contributed by atoms with Crippen molar-refractivity contribution in [3.05, 3.63) is 29.3 Å². The van der Waals surface area contributed by atoms with Crippen LogP contribution in [-0.4, -0.2) is 20.6 Å². The molecule has 0 saturated carbocycles. The van der Waals surface area contributed by atoms with Crippen molar-refractivity contribution < 1.29 is 0 Å². The summed E-state index contributed by atoms with van der Waals surface area (Å²) in [4.78, 5) is 2.18.